The standard InChI is InChI=1S/C19H21NO4/c1-23-16-8-4-5-9-17(16)24-12-18(21)20-13-19(22)11-10-14-6-2-3-7-15(14)19/h2-9,22H,10-13H2,1H3,(H,20,21). The number of benzene rings is 2. The lowest BCUT2D eigenvalue weighted by molar-refractivity contribution is -0.124. The molecule has 0 fully saturated rings. The minimum atomic E-state index is -1.00. The van der Waals surface area contributed by atoms with Gasteiger partial charge in [0, 0.05) is 0 Å². The van der Waals surface area contributed by atoms with E-state index in [0.29, 0.717) is 17.9 Å². The molecule has 1 aliphatic rings. The zero-order valence-corrected chi connectivity index (χ0v) is 13.6. The molecular formula is C19H21NO4. The Morgan fingerprint density at radius 2 is 1.88 bits per heavy atom. The Bertz CT molecular complexity index is 731. The lowest BCUT2D eigenvalue weighted by Crippen LogP contribution is -2.41. The molecule has 2 N–H and O–H groups in total. The molecule has 0 saturated carbocycles. The zero-order valence-electron chi connectivity index (χ0n) is 13.6. The van der Waals surface area contributed by atoms with Crippen LogP contribution in [0.15, 0.2) is 48.5 Å². The quantitative estimate of drug-likeness (QED) is 0.852. The molecule has 1 unspecified atom stereocenters. The summed E-state index contributed by atoms with van der Waals surface area (Å²) in [6.07, 6.45) is 1.43. The van der Waals surface area contributed by atoms with Crippen LogP contribution in [0.5, 0.6) is 11.5 Å². The van der Waals surface area contributed by atoms with Gasteiger partial charge in [-0.05, 0) is 36.1 Å². The zero-order chi connectivity index (χ0) is 17.0. The van der Waals surface area contributed by atoms with Crippen molar-refractivity contribution in [3.63, 3.8) is 0 Å². The molecule has 1 amide bonds. The van der Waals surface area contributed by atoms with Crippen molar-refractivity contribution < 1.29 is 19.4 Å². The van der Waals surface area contributed by atoms with Gasteiger partial charge in [0.2, 0.25) is 0 Å². The predicted molar refractivity (Wildman–Crippen MR) is 90.2 cm³/mol. The Hall–Kier alpha value is -2.53. The van der Waals surface area contributed by atoms with Crippen molar-refractivity contribution in [2.75, 3.05) is 20.3 Å². The van der Waals surface area contributed by atoms with Crippen molar-refractivity contribution in [3.8, 4) is 11.5 Å². The fourth-order valence-electron chi connectivity index (χ4n) is 3.03. The van der Waals surface area contributed by atoms with E-state index in [0.717, 1.165) is 17.5 Å². The van der Waals surface area contributed by atoms with Crippen LogP contribution >= 0.6 is 0 Å². The number of fused-ring (bicyclic) bond motifs is 1. The molecule has 126 valence electrons. The van der Waals surface area contributed by atoms with Crippen molar-refractivity contribution in [2.24, 2.45) is 0 Å². The van der Waals surface area contributed by atoms with Crippen molar-refractivity contribution in [1.29, 1.82) is 0 Å². The lowest BCUT2D eigenvalue weighted by Gasteiger charge is -2.24. The van der Waals surface area contributed by atoms with E-state index in [1.165, 1.54) is 0 Å². The SMILES string of the molecule is COc1ccccc1OCC(=O)NCC1(O)CCc2ccccc21. The summed E-state index contributed by atoms with van der Waals surface area (Å²) in [5.74, 6) is 0.812. The number of methoxy groups -OCH3 is 1. The number of carbonyl (C=O) groups is 1. The van der Waals surface area contributed by atoms with E-state index in [-0.39, 0.29) is 19.1 Å². The molecule has 2 aromatic rings. The van der Waals surface area contributed by atoms with E-state index in [9.17, 15) is 9.90 Å². The molecule has 24 heavy (non-hydrogen) atoms. The summed E-state index contributed by atoms with van der Waals surface area (Å²) >= 11 is 0. The third kappa shape index (κ3) is 3.36. The summed E-state index contributed by atoms with van der Waals surface area (Å²) < 4.78 is 10.7. The Kier molecular flexibility index (Phi) is 4.71. The van der Waals surface area contributed by atoms with Gasteiger partial charge in [0.25, 0.3) is 5.91 Å². The van der Waals surface area contributed by atoms with Gasteiger partial charge in [0.15, 0.2) is 18.1 Å². The maximum absolute atomic E-state index is 12.0. The first kappa shape index (κ1) is 16.3. The average Bonchev–Trinajstić information content (AvgIpc) is 2.96. The highest BCUT2D eigenvalue weighted by Crippen LogP contribution is 2.36. The normalized spacial score (nSPS) is 18.8. The summed E-state index contributed by atoms with van der Waals surface area (Å²) in [4.78, 5) is 12.0. The average molecular weight is 327 g/mol. The second-order valence-electron chi connectivity index (χ2n) is 5.90. The maximum atomic E-state index is 12.0. The lowest BCUT2D eigenvalue weighted by atomic mass is 9.96. The number of para-hydroxylation sites is 2. The molecule has 2 aromatic carbocycles. The van der Waals surface area contributed by atoms with E-state index in [1.807, 2.05) is 36.4 Å². The molecule has 0 radical (unpaired) electrons. The molecule has 0 saturated heterocycles. The van der Waals surface area contributed by atoms with E-state index in [2.05, 4.69) is 5.32 Å². The molecule has 0 aliphatic heterocycles. The molecule has 1 aliphatic carbocycles. The minimum absolute atomic E-state index is 0.127. The van der Waals surface area contributed by atoms with Gasteiger partial charge in [-0.3, -0.25) is 4.79 Å². The van der Waals surface area contributed by atoms with E-state index in [1.54, 1.807) is 19.2 Å². The summed E-state index contributed by atoms with van der Waals surface area (Å²) in [6.45, 7) is 0.0518. The van der Waals surface area contributed by atoms with E-state index >= 15 is 0 Å². The van der Waals surface area contributed by atoms with Crippen LogP contribution in [0.3, 0.4) is 0 Å². The van der Waals surface area contributed by atoms with Crippen molar-refractivity contribution >= 4 is 5.91 Å². The van der Waals surface area contributed by atoms with E-state index in [4.69, 9.17) is 9.47 Å². The molecule has 1 atom stereocenters. The largest absolute Gasteiger partial charge is 0.493 e. The molecule has 0 heterocycles. The second kappa shape index (κ2) is 6.93. The Morgan fingerprint density at radius 1 is 1.17 bits per heavy atom. The molecule has 5 heteroatoms. The number of carbonyl (C=O) groups excluding carboxylic acids is 1. The topological polar surface area (TPSA) is 67.8 Å². The fourth-order valence-corrected chi connectivity index (χ4v) is 3.03. The Morgan fingerprint density at radius 3 is 2.67 bits per heavy atom. The first-order valence-electron chi connectivity index (χ1n) is 7.96. The van der Waals surface area contributed by atoms with Crippen LogP contribution in [0, 0.1) is 0 Å². The van der Waals surface area contributed by atoms with Crippen LogP contribution < -0.4 is 14.8 Å². The van der Waals surface area contributed by atoms with Crippen LogP contribution in [-0.2, 0) is 16.8 Å². The van der Waals surface area contributed by atoms with Gasteiger partial charge < -0.3 is 19.9 Å². The van der Waals surface area contributed by atoms with Gasteiger partial charge in [-0.15, -0.1) is 0 Å². The van der Waals surface area contributed by atoms with Gasteiger partial charge in [-0.25, -0.2) is 0 Å². The molecule has 0 aromatic heterocycles. The van der Waals surface area contributed by atoms with Crippen LogP contribution in [0.4, 0.5) is 0 Å². The third-order valence-electron chi connectivity index (χ3n) is 4.33. The van der Waals surface area contributed by atoms with Crippen molar-refractivity contribution in [1.82, 2.24) is 5.32 Å². The Balaban J connectivity index is 1.55. The van der Waals surface area contributed by atoms with Gasteiger partial charge in [-0.2, -0.15) is 0 Å². The maximum Gasteiger partial charge on any atom is 0.258 e. The van der Waals surface area contributed by atoms with Crippen LogP contribution in [0.25, 0.3) is 0 Å². The molecule has 5 nitrogen and oxygen atoms in total. The molecule has 0 bridgehead atoms. The van der Waals surface area contributed by atoms with Crippen molar-refractivity contribution in [2.45, 2.75) is 18.4 Å². The van der Waals surface area contributed by atoms with Crippen LogP contribution in [-0.4, -0.2) is 31.3 Å². The summed E-state index contributed by atoms with van der Waals surface area (Å²) in [7, 11) is 1.55. The summed E-state index contributed by atoms with van der Waals surface area (Å²) in [6, 6.07) is 15.0. The number of ether oxygens (including phenoxy) is 2. The Labute approximate surface area is 141 Å². The first-order chi connectivity index (χ1) is 11.6. The second-order valence-corrected chi connectivity index (χ2v) is 5.90. The van der Waals surface area contributed by atoms with E-state index < -0.39 is 5.60 Å². The summed E-state index contributed by atoms with van der Waals surface area (Å²) in [5, 5.41) is 13.5. The monoisotopic (exact) mass is 327 g/mol. The van der Waals surface area contributed by atoms with Gasteiger partial charge >= 0.3 is 0 Å². The minimum Gasteiger partial charge on any atom is -0.493 e. The van der Waals surface area contributed by atoms with Crippen LogP contribution in [0.1, 0.15) is 17.5 Å². The van der Waals surface area contributed by atoms with Gasteiger partial charge in [-0.1, -0.05) is 36.4 Å². The first-order valence-corrected chi connectivity index (χ1v) is 7.96. The molecule has 3 rings (SSSR count). The molecule has 0 spiro atoms. The van der Waals surface area contributed by atoms with Gasteiger partial charge in [0.1, 0.15) is 5.60 Å². The van der Waals surface area contributed by atoms with Crippen molar-refractivity contribution in [3.05, 3.63) is 59.7 Å². The number of aryl methyl sites for hydroxylation is 1. The van der Waals surface area contributed by atoms with Crippen LogP contribution in [0.2, 0.25) is 0 Å². The number of nitrogens with one attached hydrogen (secondary N) is 1. The highest BCUT2D eigenvalue weighted by Gasteiger charge is 2.36. The number of rotatable bonds is 6. The predicted octanol–water partition coefficient (Wildman–Crippen LogP) is 2.02. The highest BCUT2D eigenvalue weighted by molar-refractivity contribution is 5.77. The number of aliphatic hydroxyl groups is 1. The smallest absolute Gasteiger partial charge is 0.258 e. The highest BCUT2D eigenvalue weighted by atomic mass is 16.5. The fraction of sp³-hybridized carbons (Fsp3) is 0.316. The molecular weight excluding hydrogens is 306 g/mol. The third-order valence-corrected chi connectivity index (χ3v) is 4.33. The summed E-state index contributed by atoms with van der Waals surface area (Å²) in [5.41, 5.74) is 1.03. The number of hydrogen-bond donors (Lipinski definition) is 2. The van der Waals surface area contributed by atoms with Gasteiger partial charge in [0.05, 0.1) is 13.7 Å². The number of amides is 1. The number of hydrogen-bond acceptors (Lipinski definition) is 4.